The largest absolute Gasteiger partial charge is 0.314 e. The Morgan fingerprint density at radius 2 is 1.62 bits per heavy atom. The van der Waals surface area contributed by atoms with E-state index in [-0.39, 0.29) is 0 Å². The highest BCUT2D eigenvalue weighted by Crippen LogP contribution is 2.35. The molecule has 0 aromatic heterocycles. The Morgan fingerprint density at radius 3 is 2.14 bits per heavy atom. The van der Waals surface area contributed by atoms with Gasteiger partial charge in [0.2, 0.25) is 0 Å². The van der Waals surface area contributed by atoms with Gasteiger partial charge in [0, 0.05) is 11.1 Å². The van der Waals surface area contributed by atoms with Crippen LogP contribution in [0.2, 0.25) is 5.02 Å². The van der Waals surface area contributed by atoms with Crippen LogP contribution in [0, 0.1) is 17.8 Å². The molecule has 1 unspecified atom stereocenters. The standard InChI is InChI=1S/C19H30ClN/c1-4-21-19(13-15-5-11-18(20)12-6-15)17-9-7-16(8-10-17)14(2)3/h5-6,11-12,14,16-17,19,21H,4,7-10,13H2,1-3H3. The van der Waals surface area contributed by atoms with Crippen molar-refractivity contribution in [2.45, 2.75) is 58.9 Å². The van der Waals surface area contributed by atoms with Crippen molar-refractivity contribution in [1.82, 2.24) is 5.32 Å². The van der Waals surface area contributed by atoms with Crippen LogP contribution in [0.4, 0.5) is 0 Å². The third kappa shape index (κ3) is 5.00. The van der Waals surface area contributed by atoms with Crippen LogP contribution in [-0.2, 0) is 6.42 Å². The fraction of sp³-hybridized carbons (Fsp3) is 0.684. The Morgan fingerprint density at radius 1 is 1.05 bits per heavy atom. The first kappa shape index (κ1) is 16.8. The van der Waals surface area contributed by atoms with Gasteiger partial charge in [-0.3, -0.25) is 0 Å². The molecule has 21 heavy (non-hydrogen) atoms. The van der Waals surface area contributed by atoms with Crippen LogP contribution in [0.5, 0.6) is 0 Å². The van der Waals surface area contributed by atoms with Crippen molar-refractivity contribution in [3.05, 3.63) is 34.9 Å². The van der Waals surface area contributed by atoms with E-state index in [1.54, 1.807) is 0 Å². The van der Waals surface area contributed by atoms with Crippen LogP contribution in [0.25, 0.3) is 0 Å². The van der Waals surface area contributed by atoms with Crippen molar-refractivity contribution < 1.29 is 0 Å². The summed E-state index contributed by atoms with van der Waals surface area (Å²) in [6, 6.07) is 8.98. The van der Waals surface area contributed by atoms with Crippen LogP contribution >= 0.6 is 11.6 Å². The predicted octanol–water partition coefficient (Wildman–Crippen LogP) is 5.32. The van der Waals surface area contributed by atoms with E-state index in [4.69, 9.17) is 11.6 Å². The molecule has 1 atom stereocenters. The molecule has 1 fully saturated rings. The molecule has 1 aliphatic carbocycles. The average Bonchev–Trinajstić information content (AvgIpc) is 2.49. The summed E-state index contributed by atoms with van der Waals surface area (Å²) < 4.78 is 0. The quantitative estimate of drug-likeness (QED) is 0.749. The zero-order valence-electron chi connectivity index (χ0n) is 13.7. The molecule has 2 heteroatoms. The summed E-state index contributed by atoms with van der Waals surface area (Å²) in [5.41, 5.74) is 1.40. The lowest BCUT2D eigenvalue weighted by Crippen LogP contribution is -2.40. The van der Waals surface area contributed by atoms with E-state index in [2.05, 4.69) is 38.2 Å². The second-order valence-corrected chi connectivity index (χ2v) is 7.35. The maximum atomic E-state index is 5.99. The summed E-state index contributed by atoms with van der Waals surface area (Å²) in [7, 11) is 0. The van der Waals surface area contributed by atoms with Crippen molar-refractivity contribution in [3.8, 4) is 0 Å². The van der Waals surface area contributed by atoms with Gasteiger partial charge in [0.1, 0.15) is 0 Å². The molecular formula is C19H30ClN. The van der Waals surface area contributed by atoms with Crippen molar-refractivity contribution >= 4 is 11.6 Å². The Balaban J connectivity index is 1.94. The Kier molecular flexibility index (Phi) is 6.57. The molecule has 0 spiro atoms. The number of hydrogen-bond acceptors (Lipinski definition) is 1. The van der Waals surface area contributed by atoms with Gasteiger partial charge in [-0.1, -0.05) is 44.5 Å². The van der Waals surface area contributed by atoms with Crippen LogP contribution in [0.3, 0.4) is 0 Å². The van der Waals surface area contributed by atoms with E-state index in [1.807, 2.05) is 12.1 Å². The van der Waals surface area contributed by atoms with Gasteiger partial charge in [0.05, 0.1) is 0 Å². The van der Waals surface area contributed by atoms with Gasteiger partial charge in [-0.25, -0.2) is 0 Å². The number of halogens is 1. The first-order chi connectivity index (χ1) is 10.1. The minimum absolute atomic E-state index is 0.615. The maximum Gasteiger partial charge on any atom is 0.0406 e. The summed E-state index contributed by atoms with van der Waals surface area (Å²) in [4.78, 5) is 0. The third-order valence-corrected chi connectivity index (χ3v) is 5.42. The maximum absolute atomic E-state index is 5.99. The molecule has 0 heterocycles. The van der Waals surface area contributed by atoms with Crippen LogP contribution in [0.1, 0.15) is 52.0 Å². The first-order valence-corrected chi connectivity index (χ1v) is 8.95. The lowest BCUT2D eigenvalue weighted by Gasteiger charge is -2.36. The second kappa shape index (κ2) is 8.19. The molecule has 1 aromatic rings. The number of likely N-dealkylation sites (N-methyl/N-ethyl adjacent to an activating group) is 1. The van der Waals surface area contributed by atoms with E-state index in [0.717, 1.165) is 35.7 Å². The fourth-order valence-electron chi connectivity index (χ4n) is 3.76. The molecular weight excluding hydrogens is 278 g/mol. The van der Waals surface area contributed by atoms with Crippen LogP contribution in [-0.4, -0.2) is 12.6 Å². The molecule has 0 amide bonds. The monoisotopic (exact) mass is 307 g/mol. The Labute approximate surface area is 135 Å². The normalized spacial score (nSPS) is 24.2. The van der Waals surface area contributed by atoms with Gasteiger partial charge in [-0.05, 0) is 74.1 Å². The molecule has 1 saturated carbocycles. The van der Waals surface area contributed by atoms with Gasteiger partial charge in [0.25, 0.3) is 0 Å². The zero-order valence-corrected chi connectivity index (χ0v) is 14.5. The van der Waals surface area contributed by atoms with E-state index in [1.165, 1.54) is 31.2 Å². The van der Waals surface area contributed by atoms with E-state index >= 15 is 0 Å². The number of nitrogens with one attached hydrogen (secondary N) is 1. The van der Waals surface area contributed by atoms with Gasteiger partial charge in [0.15, 0.2) is 0 Å². The zero-order chi connectivity index (χ0) is 15.2. The van der Waals surface area contributed by atoms with Gasteiger partial charge >= 0.3 is 0 Å². The molecule has 0 saturated heterocycles. The van der Waals surface area contributed by atoms with Gasteiger partial charge in [-0.15, -0.1) is 0 Å². The smallest absolute Gasteiger partial charge is 0.0406 e. The van der Waals surface area contributed by atoms with Gasteiger partial charge < -0.3 is 5.32 Å². The van der Waals surface area contributed by atoms with E-state index in [9.17, 15) is 0 Å². The summed E-state index contributed by atoms with van der Waals surface area (Å²) in [6.07, 6.45) is 6.71. The predicted molar refractivity (Wildman–Crippen MR) is 92.9 cm³/mol. The minimum atomic E-state index is 0.615. The lowest BCUT2D eigenvalue weighted by molar-refractivity contribution is 0.188. The molecule has 1 aliphatic rings. The highest BCUT2D eigenvalue weighted by molar-refractivity contribution is 6.30. The lowest BCUT2D eigenvalue weighted by atomic mass is 9.73. The molecule has 2 rings (SSSR count). The van der Waals surface area contributed by atoms with E-state index < -0.39 is 0 Å². The van der Waals surface area contributed by atoms with Crippen molar-refractivity contribution in [1.29, 1.82) is 0 Å². The average molecular weight is 308 g/mol. The molecule has 0 bridgehead atoms. The third-order valence-electron chi connectivity index (χ3n) is 5.16. The second-order valence-electron chi connectivity index (χ2n) is 6.91. The van der Waals surface area contributed by atoms with Gasteiger partial charge in [-0.2, -0.15) is 0 Å². The molecule has 1 nitrogen and oxygen atoms in total. The Bertz CT molecular complexity index is 404. The SMILES string of the molecule is CCNC(Cc1ccc(Cl)cc1)C1CCC(C(C)C)CC1. The summed E-state index contributed by atoms with van der Waals surface area (Å²) >= 11 is 5.99. The Hall–Kier alpha value is -0.530. The molecule has 0 aliphatic heterocycles. The van der Waals surface area contributed by atoms with E-state index in [0.29, 0.717) is 6.04 Å². The number of rotatable bonds is 6. The molecule has 1 aromatic carbocycles. The fourth-order valence-corrected chi connectivity index (χ4v) is 3.88. The molecule has 118 valence electrons. The highest BCUT2D eigenvalue weighted by Gasteiger charge is 2.28. The van der Waals surface area contributed by atoms with Crippen molar-refractivity contribution in [2.24, 2.45) is 17.8 Å². The first-order valence-electron chi connectivity index (χ1n) is 8.58. The summed E-state index contributed by atoms with van der Waals surface area (Å²) in [5.74, 6) is 2.62. The summed E-state index contributed by atoms with van der Waals surface area (Å²) in [6.45, 7) is 8.03. The number of hydrogen-bond donors (Lipinski definition) is 1. The van der Waals surface area contributed by atoms with Crippen LogP contribution < -0.4 is 5.32 Å². The minimum Gasteiger partial charge on any atom is -0.314 e. The molecule has 1 N–H and O–H groups in total. The van der Waals surface area contributed by atoms with Crippen molar-refractivity contribution in [3.63, 3.8) is 0 Å². The number of benzene rings is 1. The molecule has 0 radical (unpaired) electrons. The highest BCUT2D eigenvalue weighted by atomic mass is 35.5. The van der Waals surface area contributed by atoms with Crippen LogP contribution in [0.15, 0.2) is 24.3 Å². The van der Waals surface area contributed by atoms with Crippen molar-refractivity contribution in [2.75, 3.05) is 6.54 Å². The summed E-state index contributed by atoms with van der Waals surface area (Å²) in [5, 5.41) is 4.56. The topological polar surface area (TPSA) is 12.0 Å².